The molecule has 172 valence electrons. The Morgan fingerprint density at radius 1 is 0.879 bits per heavy atom. The van der Waals surface area contributed by atoms with E-state index in [1.165, 1.54) is 0 Å². The predicted molar refractivity (Wildman–Crippen MR) is 135 cm³/mol. The van der Waals surface area contributed by atoms with Gasteiger partial charge in [-0.25, -0.2) is 0 Å². The number of aryl methyl sites for hydroxylation is 1. The van der Waals surface area contributed by atoms with Crippen LogP contribution >= 0.6 is 0 Å². The fourth-order valence-electron chi connectivity index (χ4n) is 3.68. The van der Waals surface area contributed by atoms with Crippen LogP contribution in [0.3, 0.4) is 0 Å². The van der Waals surface area contributed by atoms with Crippen molar-refractivity contribution in [3.63, 3.8) is 0 Å². The standard InChI is InChI=1S/C28H33N3O2/c1-20(2)27(32)29-25-14-15-26(30(4)5)24(17-25)19-31(18-22-11-7-6-8-12-22)28(33)23-13-9-10-21(3)16-23/h6-17,20H,18-19H2,1-5H3,(H,29,32). The van der Waals surface area contributed by atoms with Crippen molar-refractivity contribution in [1.82, 2.24) is 4.90 Å². The molecule has 0 atom stereocenters. The zero-order valence-corrected chi connectivity index (χ0v) is 20.1. The number of nitrogens with one attached hydrogen (secondary N) is 1. The molecule has 3 aromatic rings. The molecule has 0 aliphatic carbocycles. The number of carbonyl (C=O) groups excluding carboxylic acids is 2. The van der Waals surface area contributed by atoms with Crippen LogP contribution in [0.4, 0.5) is 11.4 Å². The van der Waals surface area contributed by atoms with E-state index in [4.69, 9.17) is 0 Å². The Bertz CT molecular complexity index is 1110. The van der Waals surface area contributed by atoms with Crippen molar-refractivity contribution in [2.45, 2.75) is 33.9 Å². The minimum atomic E-state index is -0.112. The summed E-state index contributed by atoms with van der Waals surface area (Å²) in [5.74, 6) is -0.168. The molecule has 0 bridgehead atoms. The van der Waals surface area contributed by atoms with Gasteiger partial charge in [0, 0.05) is 50.0 Å². The van der Waals surface area contributed by atoms with Crippen molar-refractivity contribution < 1.29 is 9.59 Å². The molecule has 0 aromatic heterocycles. The van der Waals surface area contributed by atoms with Gasteiger partial charge in [0.05, 0.1) is 0 Å². The van der Waals surface area contributed by atoms with E-state index in [-0.39, 0.29) is 17.7 Å². The van der Waals surface area contributed by atoms with Gasteiger partial charge in [0.15, 0.2) is 0 Å². The lowest BCUT2D eigenvalue weighted by Gasteiger charge is -2.27. The Kier molecular flexibility index (Phi) is 7.88. The molecule has 5 heteroatoms. The molecule has 0 fully saturated rings. The third-order valence-electron chi connectivity index (χ3n) is 5.48. The second kappa shape index (κ2) is 10.8. The van der Waals surface area contributed by atoms with E-state index in [1.807, 2.05) is 117 Å². The molecular weight excluding hydrogens is 410 g/mol. The molecule has 0 radical (unpaired) electrons. The topological polar surface area (TPSA) is 52.7 Å². The average molecular weight is 444 g/mol. The summed E-state index contributed by atoms with van der Waals surface area (Å²) in [5.41, 5.74) is 5.49. The largest absolute Gasteiger partial charge is 0.377 e. The van der Waals surface area contributed by atoms with Gasteiger partial charge in [-0.2, -0.15) is 0 Å². The van der Waals surface area contributed by atoms with E-state index in [0.29, 0.717) is 18.7 Å². The maximum Gasteiger partial charge on any atom is 0.254 e. The van der Waals surface area contributed by atoms with Crippen molar-refractivity contribution in [3.05, 3.63) is 95.1 Å². The number of amides is 2. The van der Waals surface area contributed by atoms with Crippen LogP contribution in [0, 0.1) is 12.8 Å². The first-order valence-electron chi connectivity index (χ1n) is 11.3. The molecule has 0 aliphatic heterocycles. The van der Waals surface area contributed by atoms with Gasteiger partial charge >= 0.3 is 0 Å². The highest BCUT2D eigenvalue weighted by molar-refractivity contribution is 5.95. The molecule has 3 rings (SSSR count). The Hall–Kier alpha value is -3.60. The summed E-state index contributed by atoms with van der Waals surface area (Å²) in [5, 5.41) is 2.98. The molecule has 3 aromatic carbocycles. The van der Waals surface area contributed by atoms with Crippen molar-refractivity contribution >= 4 is 23.2 Å². The monoisotopic (exact) mass is 443 g/mol. The van der Waals surface area contributed by atoms with Crippen molar-refractivity contribution in [2.75, 3.05) is 24.3 Å². The SMILES string of the molecule is Cc1cccc(C(=O)N(Cc2ccccc2)Cc2cc(NC(=O)C(C)C)ccc2N(C)C)c1. The quantitative estimate of drug-likeness (QED) is 0.500. The molecule has 0 unspecified atom stereocenters. The van der Waals surface area contributed by atoms with Crippen LogP contribution in [0.25, 0.3) is 0 Å². The summed E-state index contributed by atoms with van der Waals surface area (Å²) >= 11 is 0. The van der Waals surface area contributed by atoms with Crippen molar-refractivity contribution in [3.8, 4) is 0 Å². The second-order valence-electron chi connectivity index (χ2n) is 8.90. The summed E-state index contributed by atoms with van der Waals surface area (Å²) in [4.78, 5) is 29.7. The molecular formula is C28H33N3O2. The van der Waals surface area contributed by atoms with Gasteiger partial charge in [0.1, 0.15) is 0 Å². The maximum absolute atomic E-state index is 13.6. The van der Waals surface area contributed by atoms with Gasteiger partial charge in [-0.05, 0) is 48.4 Å². The maximum atomic E-state index is 13.6. The van der Waals surface area contributed by atoms with Gasteiger partial charge < -0.3 is 15.1 Å². The molecule has 33 heavy (non-hydrogen) atoms. The van der Waals surface area contributed by atoms with Crippen LogP contribution in [0.5, 0.6) is 0 Å². The summed E-state index contributed by atoms with van der Waals surface area (Å²) in [6.07, 6.45) is 0. The Balaban J connectivity index is 1.98. The van der Waals surface area contributed by atoms with Crippen LogP contribution in [0.2, 0.25) is 0 Å². The van der Waals surface area contributed by atoms with E-state index in [0.717, 1.165) is 28.1 Å². The third kappa shape index (κ3) is 6.45. The minimum Gasteiger partial charge on any atom is -0.377 e. The fourth-order valence-corrected chi connectivity index (χ4v) is 3.68. The number of carbonyl (C=O) groups is 2. The van der Waals surface area contributed by atoms with Crippen LogP contribution in [0.15, 0.2) is 72.8 Å². The van der Waals surface area contributed by atoms with Gasteiger partial charge in [-0.15, -0.1) is 0 Å². The molecule has 2 amide bonds. The van der Waals surface area contributed by atoms with E-state index >= 15 is 0 Å². The number of hydrogen-bond donors (Lipinski definition) is 1. The lowest BCUT2D eigenvalue weighted by atomic mass is 10.1. The molecule has 0 heterocycles. The van der Waals surface area contributed by atoms with Crippen LogP contribution in [-0.4, -0.2) is 30.8 Å². The Morgan fingerprint density at radius 3 is 2.24 bits per heavy atom. The zero-order chi connectivity index (χ0) is 24.0. The molecule has 0 spiro atoms. The van der Waals surface area contributed by atoms with Gasteiger partial charge in [0.2, 0.25) is 5.91 Å². The lowest BCUT2D eigenvalue weighted by molar-refractivity contribution is -0.118. The zero-order valence-electron chi connectivity index (χ0n) is 20.1. The first kappa shape index (κ1) is 24.1. The summed E-state index contributed by atoms with van der Waals surface area (Å²) in [6.45, 7) is 6.63. The highest BCUT2D eigenvalue weighted by Gasteiger charge is 2.20. The van der Waals surface area contributed by atoms with Gasteiger partial charge in [-0.1, -0.05) is 61.9 Å². The molecule has 5 nitrogen and oxygen atoms in total. The number of anilines is 2. The van der Waals surface area contributed by atoms with Crippen LogP contribution < -0.4 is 10.2 Å². The lowest BCUT2D eigenvalue weighted by Crippen LogP contribution is -2.31. The minimum absolute atomic E-state index is 0.0242. The van der Waals surface area contributed by atoms with E-state index in [1.54, 1.807) is 0 Å². The Morgan fingerprint density at radius 2 is 1.61 bits per heavy atom. The molecule has 0 aliphatic rings. The number of nitrogens with zero attached hydrogens (tertiary/aromatic N) is 2. The molecule has 0 saturated carbocycles. The van der Waals surface area contributed by atoms with Crippen LogP contribution in [-0.2, 0) is 17.9 Å². The second-order valence-corrected chi connectivity index (χ2v) is 8.90. The summed E-state index contributed by atoms with van der Waals surface area (Å²) in [7, 11) is 3.96. The molecule has 1 N–H and O–H groups in total. The Labute approximate surface area is 197 Å². The van der Waals surface area contributed by atoms with Crippen LogP contribution in [0.1, 0.15) is 40.9 Å². The number of benzene rings is 3. The highest BCUT2D eigenvalue weighted by Crippen LogP contribution is 2.26. The smallest absolute Gasteiger partial charge is 0.254 e. The van der Waals surface area contributed by atoms with Gasteiger partial charge in [0.25, 0.3) is 5.91 Å². The predicted octanol–water partition coefficient (Wildman–Crippen LogP) is 5.50. The van der Waals surface area contributed by atoms with Crippen molar-refractivity contribution in [2.24, 2.45) is 5.92 Å². The summed E-state index contributed by atoms with van der Waals surface area (Å²) in [6, 6.07) is 23.6. The van der Waals surface area contributed by atoms with Crippen molar-refractivity contribution in [1.29, 1.82) is 0 Å². The normalized spacial score (nSPS) is 10.7. The third-order valence-corrected chi connectivity index (χ3v) is 5.48. The van der Waals surface area contributed by atoms with E-state index in [9.17, 15) is 9.59 Å². The number of hydrogen-bond acceptors (Lipinski definition) is 3. The highest BCUT2D eigenvalue weighted by atomic mass is 16.2. The van der Waals surface area contributed by atoms with E-state index < -0.39 is 0 Å². The number of rotatable bonds is 8. The summed E-state index contributed by atoms with van der Waals surface area (Å²) < 4.78 is 0. The average Bonchev–Trinajstić information content (AvgIpc) is 2.78. The van der Waals surface area contributed by atoms with E-state index in [2.05, 4.69) is 5.32 Å². The first-order chi connectivity index (χ1) is 15.7. The fraction of sp³-hybridized carbons (Fsp3) is 0.286. The molecule has 0 saturated heterocycles. The van der Waals surface area contributed by atoms with Gasteiger partial charge in [-0.3, -0.25) is 9.59 Å². The first-order valence-corrected chi connectivity index (χ1v) is 11.3.